The molecule has 0 saturated carbocycles. The minimum Gasteiger partial charge on any atom is -0.775 e. The van der Waals surface area contributed by atoms with Crippen LogP contribution in [-0.2, 0) is 82.0 Å². The first kappa shape index (κ1) is 78.4. The fraction of sp³-hybridized carbons (Fsp3) is 0. The van der Waals surface area contributed by atoms with Crippen molar-refractivity contribution >= 4 is 121 Å². The van der Waals surface area contributed by atoms with Gasteiger partial charge in [0.15, 0.2) is 30.4 Å². The number of rotatable bonds is 6. The molecule has 12 aromatic rings. The molecule has 8 N–H and O–H groups in total. The predicted octanol–water partition coefficient (Wildman–Crippen LogP) is 5.97. The maximum atomic E-state index is 10.5. The first-order valence-electron chi connectivity index (χ1n) is 25.3. The number of benzene rings is 8. The van der Waals surface area contributed by atoms with Crippen molar-refractivity contribution in [2.24, 2.45) is 0 Å². The molecule has 456 valence electrons. The van der Waals surface area contributed by atoms with Gasteiger partial charge >= 0.3 is 69.8 Å². The van der Waals surface area contributed by atoms with Gasteiger partial charge in [-0.3, -0.25) is 29.1 Å². The molecule has 0 saturated heterocycles. The molecule has 4 unspecified atom stereocenters. The molecule has 0 aliphatic rings. The number of hydrogen-bond acceptors (Lipinski definition) is 14. The number of nitrogens with zero attached hydrogens (tertiary/aromatic N) is 4. The van der Waals surface area contributed by atoms with E-state index < -0.39 is 45.6 Å². The molecule has 0 bridgehead atoms. The summed E-state index contributed by atoms with van der Waals surface area (Å²) in [6.45, 7) is 0. The predicted molar refractivity (Wildman–Crippen MR) is 334 cm³/mol. The first-order chi connectivity index (χ1) is 41.5. The molecule has 22 nitrogen and oxygen atoms in total. The van der Waals surface area contributed by atoms with Gasteiger partial charge in [0.05, 0.1) is 32.7 Å². The Morgan fingerprint density at radius 3 is 0.500 bits per heavy atom. The van der Waals surface area contributed by atoms with Gasteiger partial charge in [-0.25, -0.2) is 0 Å². The fourth-order valence-corrected chi connectivity index (χ4v) is 10.4. The summed E-state index contributed by atoms with van der Waals surface area (Å²) >= 11 is 0. The summed E-state index contributed by atoms with van der Waals surface area (Å²) in [4.78, 5) is 127. The summed E-state index contributed by atoms with van der Waals surface area (Å²) in [5, 5.41) is 4.50. The Labute approximate surface area is 556 Å². The normalized spacial score (nSPS) is 13.1. The molecule has 12 rings (SSSR count). The summed E-state index contributed by atoms with van der Waals surface area (Å²) in [7, 11) is -25.1. The molecule has 0 fully saturated rings. The first-order valence-corrected chi connectivity index (χ1v) is 34.8. The Bertz CT molecular complexity index is 3740. The molecule has 30 heteroatoms. The Kier molecular flexibility index (Phi) is 32.8. The van der Waals surface area contributed by atoms with Crippen molar-refractivity contribution in [3.05, 3.63) is 280 Å². The van der Waals surface area contributed by atoms with Gasteiger partial charge < -0.3 is 77.0 Å². The number of hydrogen-bond donors (Lipinski definition) is 8. The second-order valence-electron chi connectivity index (χ2n) is 17.6. The van der Waals surface area contributed by atoms with Crippen LogP contribution in [0.3, 0.4) is 0 Å². The molecule has 0 aliphatic heterocycles. The molecular formula is C60H54Cd2N4O18P6. The van der Waals surface area contributed by atoms with E-state index in [2.05, 4.69) is 68.5 Å². The zero-order valence-corrected chi connectivity index (χ0v) is 60.5. The van der Waals surface area contributed by atoms with Gasteiger partial charge in [0.1, 0.15) is 0 Å². The molecule has 4 aromatic heterocycles. The van der Waals surface area contributed by atoms with Crippen molar-refractivity contribution in [1.29, 1.82) is 0 Å². The van der Waals surface area contributed by atoms with Crippen LogP contribution < -0.4 is 51.4 Å². The van der Waals surface area contributed by atoms with E-state index in [1.54, 1.807) is 134 Å². The minimum absolute atomic E-state index is 0. The number of aromatic nitrogens is 4. The maximum absolute atomic E-state index is 10.5. The second-order valence-corrected chi connectivity index (χ2v) is 27.1. The third-order valence-electron chi connectivity index (χ3n) is 11.2. The summed E-state index contributed by atoms with van der Waals surface area (Å²) in [6, 6.07) is 69.5. The van der Waals surface area contributed by atoms with Crippen LogP contribution in [0.15, 0.2) is 280 Å². The van der Waals surface area contributed by atoms with Crippen LogP contribution in [0.5, 0.6) is 0 Å². The molecule has 4 heterocycles. The van der Waals surface area contributed by atoms with Gasteiger partial charge in [-0.1, -0.05) is 206 Å². The van der Waals surface area contributed by atoms with Gasteiger partial charge in [-0.05, 0) is 48.5 Å². The largest absolute Gasteiger partial charge is 2.00 e. The van der Waals surface area contributed by atoms with Crippen molar-refractivity contribution in [3.63, 3.8) is 0 Å². The van der Waals surface area contributed by atoms with Crippen LogP contribution in [0.25, 0.3) is 43.6 Å². The summed E-state index contributed by atoms with van der Waals surface area (Å²) in [6.07, 6.45) is 7.21. The van der Waals surface area contributed by atoms with Crippen LogP contribution in [0.1, 0.15) is 0 Å². The number of fused-ring (bicyclic) bond motifs is 6. The van der Waals surface area contributed by atoms with Gasteiger partial charge in [-0.2, -0.15) is 0 Å². The zero-order chi connectivity index (χ0) is 64.4. The van der Waals surface area contributed by atoms with E-state index in [1.807, 2.05) is 24.3 Å². The molecule has 0 aliphatic carbocycles. The average molecular weight is 1530 g/mol. The zero-order valence-electron chi connectivity index (χ0n) is 47.1. The van der Waals surface area contributed by atoms with E-state index in [9.17, 15) is 47.0 Å². The van der Waals surface area contributed by atoms with Crippen LogP contribution in [0.2, 0.25) is 0 Å². The smallest absolute Gasteiger partial charge is 0.775 e. The minimum atomic E-state index is -4.27. The molecule has 0 spiro atoms. The van der Waals surface area contributed by atoms with Crippen LogP contribution in [0.4, 0.5) is 0 Å². The van der Waals surface area contributed by atoms with E-state index in [-0.39, 0.29) is 86.4 Å². The monoisotopic (exact) mass is 1530 g/mol. The molecule has 4 atom stereocenters. The maximum Gasteiger partial charge on any atom is 2.00 e. The summed E-state index contributed by atoms with van der Waals surface area (Å²) in [5.41, 5.74) is 3.91. The number of pyridine rings is 4. The molecule has 8 aromatic carbocycles. The molecule has 0 amide bonds. The van der Waals surface area contributed by atoms with Gasteiger partial charge in [0.25, 0.3) is 0 Å². The van der Waals surface area contributed by atoms with Gasteiger partial charge in [-0.15, -0.1) is 0 Å². The topological polar surface area (TPSA) is 408 Å². The van der Waals surface area contributed by atoms with Crippen molar-refractivity contribution in [2.45, 2.75) is 0 Å². The van der Waals surface area contributed by atoms with E-state index in [4.69, 9.17) is 39.1 Å². The SMILES string of the molecule is O=P(O)(O)c1ccccc1.O=P(O)(O)c1ccccc1.O=P([O-])(O)c1ccccc1.O=P([O-])(O)c1ccccc1.O=P([O-])(O)c1ccccc1.O=P([O-])(O)c1ccccc1.[Cd+2].[Cd+2].c1cnc2c(c1)ccc1cccnc12.c1cnc2c(c1)ccc1cccnc12. The Balaban J connectivity index is 0.000000269. The average Bonchev–Trinajstić information content (AvgIpc) is 1.16. The quantitative estimate of drug-likeness (QED) is 0.0540. The summed E-state index contributed by atoms with van der Waals surface area (Å²) in [5.74, 6) is 0. The fourth-order valence-electron chi connectivity index (χ4n) is 7.07. The van der Waals surface area contributed by atoms with Crippen molar-refractivity contribution in [2.75, 3.05) is 0 Å². The van der Waals surface area contributed by atoms with Crippen molar-refractivity contribution < 1.29 is 141 Å². The van der Waals surface area contributed by atoms with E-state index in [1.165, 1.54) is 72.8 Å². The molecule has 90 heavy (non-hydrogen) atoms. The Hall–Kier alpha value is -5.86. The molecule has 0 radical (unpaired) electrons. The van der Waals surface area contributed by atoms with Gasteiger partial charge in [0.2, 0.25) is 0 Å². The van der Waals surface area contributed by atoms with Crippen molar-refractivity contribution in [1.82, 2.24) is 19.9 Å². The van der Waals surface area contributed by atoms with E-state index in [0.29, 0.717) is 0 Å². The van der Waals surface area contributed by atoms with E-state index in [0.717, 1.165) is 43.6 Å². The Morgan fingerprint density at radius 2 is 0.378 bits per heavy atom. The third-order valence-corrected chi connectivity index (χ3v) is 16.9. The van der Waals surface area contributed by atoms with Crippen molar-refractivity contribution in [3.8, 4) is 0 Å². The van der Waals surface area contributed by atoms with Crippen LogP contribution >= 0.6 is 45.6 Å². The third kappa shape index (κ3) is 27.5. The second kappa shape index (κ2) is 37.6. The Morgan fingerprint density at radius 1 is 0.222 bits per heavy atom. The van der Waals surface area contributed by atoms with Crippen LogP contribution in [0, 0.1) is 0 Å². The summed E-state index contributed by atoms with van der Waals surface area (Å²) < 4.78 is 62.7. The standard InChI is InChI=1S/2C12H8N2.6C6H7O3P.2Cd/c2*1-3-9-5-6-10-4-2-8-14-12(10)11(9)13-7-1;6*7-10(8,9)6-4-2-1-3-5-6;;/h2*1-8H;6*1-5H,(H2,7,8,9);;/q;;;;;;;;2*+2/p-4. The molecular weight excluding hydrogens is 1480 g/mol. The van der Waals surface area contributed by atoms with Crippen LogP contribution in [-0.4, -0.2) is 59.1 Å². The van der Waals surface area contributed by atoms with Gasteiger partial charge in [0, 0.05) is 67.6 Å². The van der Waals surface area contributed by atoms with E-state index >= 15 is 0 Å².